The molecule has 0 aliphatic carbocycles. The Bertz CT molecular complexity index is 1580. The molecule has 48 heavy (non-hydrogen) atoms. The molecule has 253 valence electrons. The van der Waals surface area contributed by atoms with E-state index in [0.29, 0.717) is 6.61 Å². The fraction of sp³-hybridized carbons (Fsp3) is 0.350. The molecule has 8 heteroatoms. The molecule has 4 aromatic carbocycles. The zero-order valence-electron chi connectivity index (χ0n) is 28.5. The minimum Gasteiger partial charge on any atom is -0.497 e. The van der Waals surface area contributed by atoms with Gasteiger partial charge in [0.05, 0.1) is 26.9 Å². The molecule has 1 saturated heterocycles. The Morgan fingerprint density at radius 3 is 2.12 bits per heavy atom. The topological polar surface area (TPSA) is 66.4 Å². The molecule has 1 fully saturated rings. The van der Waals surface area contributed by atoms with E-state index in [2.05, 4.69) is 94.1 Å². The number of ether oxygens (including phenoxy) is 4. The van der Waals surface area contributed by atoms with Crippen LogP contribution < -0.4 is 9.92 Å². The molecular weight excluding hydrogens is 637 g/mol. The summed E-state index contributed by atoms with van der Waals surface area (Å²) in [4.78, 5) is 0. The minimum absolute atomic E-state index is 0.176. The third-order valence-corrected chi connectivity index (χ3v) is 12.0. The van der Waals surface area contributed by atoms with E-state index in [4.69, 9.17) is 23.4 Å². The number of rotatable bonds is 14. The first-order chi connectivity index (χ1) is 23.2. The smallest absolute Gasteiger partial charge is 0.253 e. The number of aliphatic hydroxyl groups excluding tert-OH is 1. The first-order valence-corrected chi connectivity index (χ1v) is 19.0. The van der Waals surface area contributed by atoms with Crippen LogP contribution >= 0.6 is 11.8 Å². The minimum atomic E-state index is -1.68. The van der Waals surface area contributed by atoms with Crippen LogP contribution in [-0.4, -0.2) is 70.6 Å². The number of thioether (sulfide) groups is 1. The average Bonchev–Trinajstić information content (AvgIpc) is 3.11. The van der Waals surface area contributed by atoms with Crippen molar-refractivity contribution in [2.75, 3.05) is 26.6 Å². The second-order valence-electron chi connectivity index (χ2n) is 12.8. The summed E-state index contributed by atoms with van der Waals surface area (Å²) in [5.74, 6) is 0.783. The van der Waals surface area contributed by atoms with E-state index < -0.39 is 33.5 Å². The SMILES string of the molecule is C=CCO[C@H]1[C@@H](O)[C@@H](CO[Si](c2cccc(-c3ccccc3)c2-c2ccccc2)C(C)(C)C)O[C@@H](SC)[C@@H]1OCc1ccc(OC)cc1. The number of hydrogen-bond acceptors (Lipinski definition) is 7. The van der Waals surface area contributed by atoms with Gasteiger partial charge in [-0.2, -0.15) is 0 Å². The molecule has 6 nitrogen and oxygen atoms in total. The van der Waals surface area contributed by atoms with Gasteiger partial charge in [-0.3, -0.25) is 0 Å². The van der Waals surface area contributed by atoms with Crippen molar-refractivity contribution in [1.29, 1.82) is 0 Å². The van der Waals surface area contributed by atoms with Gasteiger partial charge < -0.3 is 28.5 Å². The zero-order chi connectivity index (χ0) is 34.1. The van der Waals surface area contributed by atoms with Crippen molar-refractivity contribution in [2.45, 2.75) is 62.3 Å². The highest BCUT2D eigenvalue weighted by Crippen LogP contribution is 2.37. The Morgan fingerprint density at radius 1 is 0.854 bits per heavy atom. The van der Waals surface area contributed by atoms with Crippen molar-refractivity contribution in [3.05, 3.63) is 121 Å². The molecule has 5 rings (SSSR count). The van der Waals surface area contributed by atoms with E-state index in [1.54, 1.807) is 24.9 Å². The van der Waals surface area contributed by atoms with Gasteiger partial charge in [0.15, 0.2) is 0 Å². The summed E-state index contributed by atoms with van der Waals surface area (Å²) in [6.45, 7) is 11.4. The molecular formula is C40H47O6SSi. The maximum absolute atomic E-state index is 11.8. The highest BCUT2D eigenvalue weighted by Gasteiger charge is 2.47. The lowest BCUT2D eigenvalue weighted by molar-refractivity contribution is -0.231. The Kier molecular flexibility index (Phi) is 12.7. The first-order valence-electron chi connectivity index (χ1n) is 16.3. The summed E-state index contributed by atoms with van der Waals surface area (Å²) < 4.78 is 31.4. The Balaban J connectivity index is 1.42. The van der Waals surface area contributed by atoms with E-state index >= 15 is 0 Å². The van der Waals surface area contributed by atoms with Gasteiger partial charge in [0.2, 0.25) is 0 Å². The lowest BCUT2D eigenvalue weighted by atomic mass is 9.94. The quantitative estimate of drug-likeness (QED) is 0.108. The second-order valence-corrected chi connectivity index (χ2v) is 16.8. The van der Waals surface area contributed by atoms with Crippen LogP contribution in [0.25, 0.3) is 22.3 Å². The average molecular weight is 684 g/mol. The molecule has 0 saturated carbocycles. The normalized spacial score (nSPS) is 21.3. The maximum Gasteiger partial charge on any atom is 0.253 e. The maximum atomic E-state index is 11.8. The summed E-state index contributed by atoms with van der Waals surface area (Å²) in [7, 11) is -0.0391. The predicted molar refractivity (Wildman–Crippen MR) is 198 cm³/mol. The summed E-state index contributed by atoms with van der Waals surface area (Å²) >= 11 is 1.54. The highest BCUT2D eigenvalue weighted by molar-refractivity contribution is 7.99. The van der Waals surface area contributed by atoms with Crippen LogP contribution in [-0.2, 0) is 25.2 Å². The van der Waals surface area contributed by atoms with Crippen LogP contribution in [0.4, 0.5) is 0 Å². The standard InChI is InChI=1S/C40H47O6SSi/c1-7-25-43-37-36(41)33(46-39(47-6)38(37)44-26-28-21-23-31(42-5)24-22-28)27-45-48(40(2,3)4)34-20-14-19-32(29-15-10-8-11-16-29)35(34)30-17-12-9-13-18-30/h7-24,33,36-39,41H,1,25-27H2,2-6H3/t33-,36+,37+,38-,39+/m1/s1. The lowest BCUT2D eigenvalue weighted by Crippen LogP contribution is -2.60. The van der Waals surface area contributed by atoms with Gasteiger partial charge in [0, 0.05) is 0 Å². The Hall–Kier alpha value is -3.21. The summed E-state index contributed by atoms with van der Waals surface area (Å²) in [6.07, 6.45) is 0.953. The van der Waals surface area contributed by atoms with Crippen molar-refractivity contribution in [3.63, 3.8) is 0 Å². The number of benzene rings is 4. The highest BCUT2D eigenvalue weighted by atomic mass is 32.2. The molecule has 1 aliphatic heterocycles. The molecule has 1 heterocycles. The fourth-order valence-electron chi connectivity index (χ4n) is 6.06. The van der Waals surface area contributed by atoms with Crippen LogP contribution in [0.5, 0.6) is 5.75 Å². The van der Waals surface area contributed by atoms with Crippen LogP contribution in [0, 0.1) is 0 Å². The van der Waals surface area contributed by atoms with Gasteiger partial charge >= 0.3 is 0 Å². The summed E-state index contributed by atoms with van der Waals surface area (Å²) in [5, 5.41) is 12.8. The van der Waals surface area contributed by atoms with Gasteiger partial charge in [0.25, 0.3) is 9.04 Å². The van der Waals surface area contributed by atoms with Gasteiger partial charge in [-0.15, -0.1) is 18.3 Å². The lowest BCUT2D eigenvalue weighted by Gasteiger charge is -2.44. The van der Waals surface area contributed by atoms with Crippen molar-refractivity contribution >= 4 is 26.0 Å². The molecule has 0 amide bonds. The van der Waals surface area contributed by atoms with E-state index in [1.807, 2.05) is 42.7 Å². The second kappa shape index (κ2) is 16.9. The zero-order valence-corrected chi connectivity index (χ0v) is 30.3. The van der Waals surface area contributed by atoms with Crippen molar-refractivity contribution in [3.8, 4) is 28.0 Å². The monoisotopic (exact) mass is 683 g/mol. The van der Waals surface area contributed by atoms with Gasteiger partial charge in [-0.1, -0.05) is 118 Å². The molecule has 5 atom stereocenters. The molecule has 0 spiro atoms. The first kappa shape index (κ1) is 36.1. The number of methoxy groups -OCH3 is 1. The van der Waals surface area contributed by atoms with E-state index in [-0.39, 0.29) is 23.7 Å². The number of hydrogen-bond donors (Lipinski definition) is 1. The molecule has 1 radical (unpaired) electrons. The van der Waals surface area contributed by atoms with Crippen LogP contribution in [0.1, 0.15) is 26.3 Å². The van der Waals surface area contributed by atoms with Crippen molar-refractivity contribution in [2.24, 2.45) is 0 Å². The molecule has 1 N–H and O–H groups in total. The summed E-state index contributed by atoms with van der Waals surface area (Å²) in [5.41, 5.74) is 5.27. The number of aliphatic hydroxyl groups is 1. The molecule has 0 aromatic heterocycles. The third-order valence-electron chi connectivity index (χ3n) is 8.39. The Morgan fingerprint density at radius 2 is 1.52 bits per heavy atom. The van der Waals surface area contributed by atoms with Crippen LogP contribution in [0.2, 0.25) is 5.04 Å². The van der Waals surface area contributed by atoms with Crippen molar-refractivity contribution in [1.82, 2.24) is 0 Å². The van der Waals surface area contributed by atoms with E-state index in [1.165, 1.54) is 16.3 Å². The molecule has 4 aromatic rings. The van der Waals surface area contributed by atoms with Gasteiger partial charge in [-0.05, 0) is 56.4 Å². The van der Waals surface area contributed by atoms with Crippen LogP contribution in [0.15, 0.2) is 116 Å². The molecule has 0 unspecified atom stereocenters. The van der Waals surface area contributed by atoms with Gasteiger partial charge in [0.1, 0.15) is 35.6 Å². The molecule has 1 aliphatic rings. The predicted octanol–water partition coefficient (Wildman–Crippen LogP) is 7.65. The van der Waals surface area contributed by atoms with Crippen LogP contribution in [0.3, 0.4) is 0 Å². The largest absolute Gasteiger partial charge is 0.497 e. The molecule has 0 bridgehead atoms. The van der Waals surface area contributed by atoms with Gasteiger partial charge in [-0.25, -0.2) is 0 Å². The van der Waals surface area contributed by atoms with Crippen molar-refractivity contribution < 1.29 is 28.5 Å². The van der Waals surface area contributed by atoms with E-state index in [9.17, 15) is 5.11 Å². The summed E-state index contributed by atoms with van der Waals surface area (Å²) in [6, 6.07) is 35.3. The Labute approximate surface area is 291 Å². The van der Waals surface area contributed by atoms with E-state index in [0.717, 1.165) is 22.4 Å². The fourth-order valence-corrected chi connectivity index (χ4v) is 9.29. The third kappa shape index (κ3) is 8.68.